The van der Waals surface area contributed by atoms with Gasteiger partial charge < -0.3 is 5.32 Å². The highest BCUT2D eigenvalue weighted by Gasteiger charge is 2.06. The van der Waals surface area contributed by atoms with Crippen molar-refractivity contribution in [3.8, 4) is 12.3 Å². The molecule has 1 amide bonds. The van der Waals surface area contributed by atoms with Gasteiger partial charge in [0.1, 0.15) is 5.82 Å². The van der Waals surface area contributed by atoms with Gasteiger partial charge in [0.25, 0.3) is 0 Å². The maximum Gasteiger partial charge on any atom is 0.238 e. The van der Waals surface area contributed by atoms with Crippen molar-refractivity contribution in [1.82, 2.24) is 5.32 Å². The zero-order valence-electron chi connectivity index (χ0n) is 8.39. The molecule has 1 rings (SSSR count). The van der Waals surface area contributed by atoms with Gasteiger partial charge in [-0.15, -0.1) is 6.42 Å². The molecule has 84 valence electrons. The van der Waals surface area contributed by atoms with Gasteiger partial charge in [0.15, 0.2) is 0 Å². The molecule has 0 radical (unpaired) electrons. The molecule has 1 aromatic carbocycles. The van der Waals surface area contributed by atoms with E-state index in [2.05, 4.69) is 16.6 Å². The lowest BCUT2D eigenvalue weighted by molar-refractivity contribution is -0.115. The Morgan fingerprint density at radius 2 is 2.31 bits per heavy atom. The highest BCUT2D eigenvalue weighted by atomic mass is 35.5. The lowest BCUT2D eigenvalue weighted by Gasteiger charge is -2.07. The second-order valence-electron chi connectivity index (χ2n) is 2.98. The molecule has 0 saturated heterocycles. The fraction of sp³-hybridized carbons (Fsp3) is 0.182. The summed E-state index contributed by atoms with van der Waals surface area (Å²) in [6, 6.07) is 3.75. The number of anilines is 1. The maximum atomic E-state index is 12.9. The molecule has 0 saturated carbocycles. The first-order valence-corrected chi connectivity index (χ1v) is 4.90. The second-order valence-corrected chi connectivity index (χ2v) is 3.39. The van der Waals surface area contributed by atoms with Crippen LogP contribution in [0.3, 0.4) is 0 Å². The van der Waals surface area contributed by atoms with Gasteiger partial charge >= 0.3 is 0 Å². The van der Waals surface area contributed by atoms with Crippen LogP contribution in [0.4, 0.5) is 10.1 Å². The van der Waals surface area contributed by atoms with Gasteiger partial charge in [-0.25, -0.2) is 4.39 Å². The Morgan fingerprint density at radius 1 is 1.56 bits per heavy atom. The molecule has 16 heavy (non-hydrogen) atoms. The van der Waals surface area contributed by atoms with Crippen molar-refractivity contribution in [2.75, 3.05) is 18.4 Å². The van der Waals surface area contributed by atoms with E-state index in [-0.39, 0.29) is 23.2 Å². The van der Waals surface area contributed by atoms with E-state index in [1.165, 1.54) is 12.1 Å². The van der Waals surface area contributed by atoms with Crippen LogP contribution in [-0.4, -0.2) is 19.0 Å². The van der Waals surface area contributed by atoms with E-state index in [1.54, 1.807) is 0 Å². The van der Waals surface area contributed by atoms with Crippen molar-refractivity contribution in [3.05, 3.63) is 29.0 Å². The summed E-state index contributed by atoms with van der Waals surface area (Å²) in [5.74, 6) is 1.54. The Balaban J connectivity index is 2.56. The van der Waals surface area contributed by atoms with Gasteiger partial charge in [0.05, 0.1) is 23.8 Å². The molecule has 0 fully saturated rings. The zero-order valence-corrected chi connectivity index (χ0v) is 9.14. The number of carbonyl (C=O) groups excluding carboxylic acids is 1. The minimum Gasteiger partial charge on any atom is -0.324 e. The van der Waals surface area contributed by atoms with Gasteiger partial charge in [-0.2, -0.15) is 0 Å². The summed E-state index contributed by atoms with van der Waals surface area (Å²) in [5.41, 5.74) is 0.245. The average molecular weight is 241 g/mol. The van der Waals surface area contributed by atoms with E-state index in [1.807, 2.05) is 0 Å². The van der Waals surface area contributed by atoms with E-state index in [0.29, 0.717) is 6.54 Å². The molecule has 3 nitrogen and oxygen atoms in total. The summed E-state index contributed by atoms with van der Waals surface area (Å²) >= 11 is 5.77. The van der Waals surface area contributed by atoms with E-state index < -0.39 is 5.82 Å². The number of hydrogen-bond acceptors (Lipinski definition) is 2. The molecule has 0 aliphatic rings. The highest BCUT2D eigenvalue weighted by Crippen LogP contribution is 2.21. The molecule has 2 N–H and O–H groups in total. The largest absolute Gasteiger partial charge is 0.324 e. The monoisotopic (exact) mass is 240 g/mol. The molecule has 0 unspecified atom stereocenters. The normalized spacial score (nSPS) is 9.56. The number of hydrogen-bond donors (Lipinski definition) is 2. The van der Waals surface area contributed by atoms with Crippen LogP contribution in [-0.2, 0) is 4.79 Å². The number of nitrogens with one attached hydrogen (secondary N) is 2. The van der Waals surface area contributed by atoms with Crippen molar-refractivity contribution in [2.45, 2.75) is 0 Å². The second kappa shape index (κ2) is 6.11. The molecule has 0 atom stereocenters. The molecule has 0 spiro atoms. The lowest BCUT2D eigenvalue weighted by atomic mass is 10.3. The maximum absolute atomic E-state index is 12.9. The van der Waals surface area contributed by atoms with Crippen molar-refractivity contribution >= 4 is 23.2 Å². The summed E-state index contributed by atoms with van der Waals surface area (Å²) < 4.78 is 12.9. The van der Waals surface area contributed by atoms with Crippen LogP contribution in [0, 0.1) is 18.2 Å². The quantitative estimate of drug-likeness (QED) is 0.621. The van der Waals surface area contributed by atoms with Gasteiger partial charge in [0.2, 0.25) is 5.91 Å². The van der Waals surface area contributed by atoms with E-state index >= 15 is 0 Å². The first-order chi connectivity index (χ1) is 7.63. The first-order valence-electron chi connectivity index (χ1n) is 4.52. The number of halogens is 2. The standard InChI is InChI=1S/C11H10ClFN2O/c1-2-5-14-7-11(16)15-10-6-8(13)3-4-9(10)12/h1,3-4,6,14H,5,7H2,(H,15,16). The van der Waals surface area contributed by atoms with Crippen LogP contribution in [0.25, 0.3) is 0 Å². The van der Waals surface area contributed by atoms with Crippen LogP contribution < -0.4 is 10.6 Å². The fourth-order valence-corrected chi connectivity index (χ4v) is 1.20. The number of terminal acetylenes is 1. The number of carbonyl (C=O) groups is 1. The Hall–Kier alpha value is -1.57. The van der Waals surface area contributed by atoms with Crippen molar-refractivity contribution in [2.24, 2.45) is 0 Å². The summed E-state index contributed by atoms with van der Waals surface area (Å²) in [5, 5.41) is 5.46. The number of amides is 1. The molecule has 0 aliphatic carbocycles. The van der Waals surface area contributed by atoms with Crippen LogP contribution in [0.1, 0.15) is 0 Å². The summed E-state index contributed by atoms with van der Waals surface area (Å²) in [7, 11) is 0. The van der Waals surface area contributed by atoms with E-state index in [4.69, 9.17) is 18.0 Å². The topological polar surface area (TPSA) is 41.1 Å². The number of rotatable bonds is 4. The average Bonchev–Trinajstić information content (AvgIpc) is 2.24. The molecule has 5 heteroatoms. The zero-order chi connectivity index (χ0) is 12.0. The summed E-state index contributed by atoms with van der Waals surface area (Å²) in [4.78, 5) is 11.3. The summed E-state index contributed by atoms with van der Waals surface area (Å²) in [6.45, 7) is 0.349. The van der Waals surface area contributed by atoms with Crippen molar-refractivity contribution < 1.29 is 9.18 Å². The SMILES string of the molecule is C#CCNCC(=O)Nc1cc(F)ccc1Cl. The lowest BCUT2D eigenvalue weighted by Crippen LogP contribution is -2.28. The third-order valence-corrected chi connectivity index (χ3v) is 2.04. The van der Waals surface area contributed by atoms with E-state index in [9.17, 15) is 9.18 Å². The minimum atomic E-state index is -0.462. The molecule has 0 bridgehead atoms. The van der Waals surface area contributed by atoms with Crippen molar-refractivity contribution in [3.63, 3.8) is 0 Å². The van der Waals surface area contributed by atoms with Crippen LogP contribution >= 0.6 is 11.6 Å². The molecule has 1 aromatic rings. The highest BCUT2D eigenvalue weighted by molar-refractivity contribution is 6.33. The smallest absolute Gasteiger partial charge is 0.238 e. The Labute approximate surface area is 98.0 Å². The Bertz CT molecular complexity index is 428. The minimum absolute atomic E-state index is 0.0526. The van der Waals surface area contributed by atoms with Gasteiger partial charge in [-0.1, -0.05) is 17.5 Å². The molecular weight excluding hydrogens is 231 g/mol. The van der Waals surface area contributed by atoms with Crippen LogP contribution in [0.2, 0.25) is 5.02 Å². The summed E-state index contributed by atoms with van der Waals surface area (Å²) in [6.07, 6.45) is 5.00. The third-order valence-electron chi connectivity index (χ3n) is 1.72. The molecule has 0 heterocycles. The molecule has 0 aromatic heterocycles. The third kappa shape index (κ3) is 3.89. The fourth-order valence-electron chi connectivity index (χ4n) is 1.04. The van der Waals surface area contributed by atoms with Crippen molar-refractivity contribution in [1.29, 1.82) is 0 Å². The Morgan fingerprint density at radius 3 is 3.00 bits per heavy atom. The van der Waals surface area contributed by atoms with Gasteiger partial charge in [-0.05, 0) is 18.2 Å². The van der Waals surface area contributed by atoms with Gasteiger partial charge in [0, 0.05) is 0 Å². The van der Waals surface area contributed by atoms with Crippen LogP contribution in [0.5, 0.6) is 0 Å². The van der Waals surface area contributed by atoms with Gasteiger partial charge in [-0.3, -0.25) is 10.1 Å². The predicted molar refractivity (Wildman–Crippen MR) is 61.7 cm³/mol. The number of benzene rings is 1. The predicted octanol–water partition coefficient (Wildman–Crippen LogP) is 1.64. The van der Waals surface area contributed by atoms with Crippen LogP contribution in [0.15, 0.2) is 18.2 Å². The molecule has 0 aliphatic heterocycles. The van der Waals surface area contributed by atoms with E-state index in [0.717, 1.165) is 6.07 Å². The molecular formula is C11H10ClFN2O. The first kappa shape index (κ1) is 12.5. The Kier molecular flexibility index (Phi) is 4.77.